The largest absolute Gasteiger partial charge is 0.301 e. The SMILES string of the molecule is CC/C=C/C=C/C=N/Nc1ccc([N+](=O)[O-])cc1[N+](=O)[O-]. The fourth-order valence-corrected chi connectivity index (χ4v) is 1.36. The highest BCUT2D eigenvalue weighted by molar-refractivity contribution is 5.73. The number of rotatable bonds is 7. The van der Waals surface area contributed by atoms with Crippen LogP contribution < -0.4 is 5.43 Å². The molecule has 0 unspecified atom stereocenters. The molecule has 0 amide bonds. The Morgan fingerprint density at radius 3 is 2.57 bits per heavy atom. The average molecular weight is 290 g/mol. The molecule has 1 aromatic rings. The number of nitro groups is 2. The molecule has 0 aromatic heterocycles. The van der Waals surface area contributed by atoms with E-state index in [-0.39, 0.29) is 11.4 Å². The van der Waals surface area contributed by atoms with Gasteiger partial charge in [0.25, 0.3) is 5.69 Å². The van der Waals surface area contributed by atoms with Gasteiger partial charge in [0.1, 0.15) is 5.69 Å². The van der Waals surface area contributed by atoms with Crippen LogP contribution in [0.1, 0.15) is 13.3 Å². The van der Waals surface area contributed by atoms with Gasteiger partial charge in [-0.15, -0.1) is 0 Å². The van der Waals surface area contributed by atoms with Gasteiger partial charge in [0.05, 0.1) is 15.9 Å². The number of non-ortho nitro benzene ring substituents is 1. The third kappa shape index (κ3) is 5.23. The highest BCUT2D eigenvalue weighted by Gasteiger charge is 2.18. The molecule has 110 valence electrons. The summed E-state index contributed by atoms with van der Waals surface area (Å²) in [5, 5.41) is 25.2. The van der Waals surface area contributed by atoms with E-state index in [2.05, 4.69) is 10.5 Å². The third-order valence-electron chi connectivity index (χ3n) is 2.33. The van der Waals surface area contributed by atoms with Gasteiger partial charge in [-0.05, 0) is 18.6 Å². The second kappa shape index (κ2) is 8.20. The van der Waals surface area contributed by atoms with Crippen LogP contribution in [0.15, 0.2) is 47.6 Å². The summed E-state index contributed by atoms with van der Waals surface area (Å²) < 4.78 is 0. The minimum absolute atomic E-state index is 0.0827. The summed E-state index contributed by atoms with van der Waals surface area (Å²) in [5.41, 5.74) is 1.81. The van der Waals surface area contributed by atoms with Gasteiger partial charge >= 0.3 is 5.69 Å². The van der Waals surface area contributed by atoms with Crippen molar-refractivity contribution in [1.29, 1.82) is 0 Å². The van der Waals surface area contributed by atoms with E-state index in [1.807, 2.05) is 19.1 Å². The number of anilines is 1. The number of allylic oxidation sites excluding steroid dienone is 4. The molecule has 8 nitrogen and oxygen atoms in total. The van der Waals surface area contributed by atoms with Gasteiger partial charge in [-0.25, -0.2) is 0 Å². The zero-order valence-corrected chi connectivity index (χ0v) is 11.3. The molecule has 0 heterocycles. The molecule has 0 saturated carbocycles. The van der Waals surface area contributed by atoms with Gasteiger partial charge in [0.15, 0.2) is 0 Å². The van der Waals surface area contributed by atoms with Gasteiger partial charge in [0.2, 0.25) is 0 Å². The molecule has 0 fully saturated rings. The first kappa shape index (κ1) is 16.0. The van der Waals surface area contributed by atoms with Crippen molar-refractivity contribution in [3.63, 3.8) is 0 Å². The summed E-state index contributed by atoms with van der Waals surface area (Å²) in [7, 11) is 0. The van der Waals surface area contributed by atoms with Crippen molar-refractivity contribution in [2.45, 2.75) is 13.3 Å². The zero-order chi connectivity index (χ0) is 15.7. The molecule has 0 aliphatic rings. The minimum atomic E-state index is -0.704. The Balaban J connectivity index is 2.81. The molecule has 0 aliphatic heterocycles. The van der Waals surface area contributed by atoms with E-state index in [0.717, 1.165) is 12.5 Å². The second-order valence-electron chi connectivity index (χ2n) is 3.83. The number of nitro benzene ring substituents is 2. The Kier molecular flexibility index (Phi) is 6.26. The molecule has 0 atom stereocenters. The maximum absolute atomic E-state index is 10.9. The summed E-state index contributed by atoms with van der Waals surface area (Å²) in [4.78, 5) is 20.1. The molecule has 1 aromatic carbocycles. The number of hydrazone groups is 1. The van der Waals surface area contributed by atoms with E-state index in [0.29, 0.717) is 0 Å². The topological polar surface area (TPSA) is 111 Å². The van der Waals surface area contributed by atoms with Crippen molar-refractivity contribution in [1.82, 2.24) is 0 Å². The first-order valence-electron chi connectivity index (χ1n) is 6.10. The predicted molar refractivity (Wildman–Crippen MR) is 80.4 cm³/mol. The van der Waals surface area contributed by atoms with Gasteiger partial charge in [-0.1, -0.05) is 25.2 Å². The molecule has 1 rings (SSSR count). The molecular weight excluding hydrogens is 276 g/mol. The van der Waals surface area contributed by atoms with E-state index >= 15 is 0 Å². The zero-order valence-electron chi connectivity index (χ0n) is 11.3. The monoisotopic (exact) mass is 290 g/mol. The van der Waals surface area contributed by atoms with Crippen LogP contribution in [-0.4, -0.2) is 16.1 Å². The van der Waals surface area contributed by atoms with Gasteiger partial charge in [0, 0.05) is 12.3 Å². The van der Waals surface area contributed by atoms with Crippen LogP contribution in [0, 0.1) is 20.2 Å². The summed E-state index contributed by atoms with van der Waals surface area (Å²) in [6.45, 7) is 2.01. The number of benzene rings is 1. The number of hydrogen-bond acceptors (Lipinski definition) is 6. The van der Waals surface area contributed by atoms with Crippen molar-refractivity contribution in [2.24, 2.45) is 5.10 Å². The smallest absolute Gasteiger partial charge is 0.272 e. The molecule has 0 spiro atoms. The first-order chi connectivity index (χ1) is 10.1. The van der Waals surface area contributed by atoms with Crippen molar-refractivity contribution in [3.05, 3.63) is 62.7 Å². The van der Waals surface area contributed by atoms with Crippen LogP contribution in [0.5, 0.6) is 0 Å². The maximum atomic E-state index is 10.9. The first-order valence-corrected chi connectivity index (χ1v) is 6.10. The summed E-state index contributed by atoms with van der Waals surface area (Å²) in [5.74, 6) is 0. The average Bonchev–Trinajstić information content (AvgIpc) is 2.46. The molecule has 0 aliphatic carbocycles. The van der Waals surface area contributed by atoms with Gasteiger partial charge < -0.3 is 0 Å². The molecule has 0 saturated heterocycles. The molecule has 0 bridgehead atoms. The lowest BCUT2D eigenvalue weighted by Gasteiger charge is -2.01. The van der Waals surface area contributed by atoms with E-state index in [9.17, 15) is 20.2 Å². The minimum Gasteiger partial charge on any atom is -0.272 e. The quantitative estimate of drug-likeness (QED) is 0.358. The summed E-state index contributed by atoms with van der Waals surface area (Å²) in [6.07, 6.45) is 9.56. The molecule has 8 heteroatoms. The number of hydrogen-bond donors (Lipinski definition) is 1. The molecular formula is C13H14N4O4. The normalized spacial score (nSPS) is 11.5. The lowest BCUT2D eigenvalue weighted by Crippen LogP contribution is -1.98. The lowest BCUT2D eigenvalue weighted by molar-refractivity contribution is -0.393. The van der Waals surface area contributed by atoms with Crippen molar-refractivity contribution in [3.8, 4) is 0 Å². The van der Waals surface area contributed by atoms with Gasteiger partial charge in [-0.2, -0.15) is 5.10 Å². The van der Waals surface area contributed by atoms with E-state index < -0.39 is 15.5 Å². The summed E-state index contributed by atoms with van der Waals surface area (Å²) in [6, 6.07) is 3.30. The highest BCUT2D eigenvalue weighted by Crippen LogP contribution is 2.28. The maximum Gasteiger partial charge on any atom is 0.301 e. The standard InChI is InChI=1S/C13H14N4O4/c1-2-3-4-5-6-9-14-15-12-8-7-11(16(18)19)10-13(12)17(20)21/h3-10,15H,2H2,1H3/b4-3+,6-5+,14-9+. The van der Waals surface area contributed by atoms with Crippen LogP contribution in [0.3, 0.4) is 0 Å². The fraction of sp³-hybridized carbons (Fsp3) is 0.154. The van der Waals surface area contributed by atoms with Crippen molar-refractivity contribution in [2.75, 3.05) is 5.43 Å². The Bertz CT molecular complexity index is 608. The lowest BCUT2D eigenvalue weighted by atomic mass is 10.2. The van der Waals surface area contributed by atoms with E-state index in [1.165, 1.54) is 18.3 Å². The van der Waals surface area contributed by atoms with Crippen molar-refractivity contribution >= 4 is 23.3 Å². The van der Waals surface area contributed by atoms with Crippen LogP contribution in [0.25, 0.3) is 0 Å². The Morgan fingerprint density at radius 2 is 1.95 bits per heavy atom. The van der Waals surface area contributed by atoms with Crippen LogP contribution >= 0.6 is 0 Å². The van der Waals surface area contributed by atoms with E-state index in [1.54, 1.807) is 12.2 Å². The Labute approximate surface area is 120 Å². The van der Waals surface area contributed by atoms with Crippen LogP contribution in [0.4, 0.5) is 17.1 Å². The predicted octanol–water partition coefficient (Wildman–Crippen LogP) is 3.42. The van der Waals surface area contributed by atoms with Crippen LogP contribution in [-0.2, 0) is 0 Å². The summed E-state index contributed by atoms with van der Waals surface area (Å²) >= 11 is 0. The molecule has 0 radical (unpaired) electrons. The Morgan fingerprint density at radius 1 is 1.19 bits per heavy atom. The fourth-order valence-electron chi connectivity index (χ4n) is 1.36. The van der Waals surface area contributed by atoms with Crippen molar-refractivity contribution < 1.29 is 9.85 Å². The van der Waals surface area contributed by atoms with Gasteiger partial charge in [-0.3, -0.25) is 25.7 Å². The molecule has 21 heavy (non-hydrogen) atoms. The Hall–Kier alpha value is -3.03. The second-order valence-corrected chi connectivity index (χ2v) is 3.83. The number of nitrogens with one attached hydrogen (secondary N) is 1. The number of nitrogens with zero attached hydrogens (tertiary/aromatic N) is 3. The highest BCUT2D eigenvalue weighted by atomic mass is 16.6. The van der Waals surface area contributed by atoms with Crippen LogP contribution in [0.2, 0.25) is 0 Å². The molecule has 1 N–H and O–H groups in total. The van der Waals surface area contributed by atoms with E-state index in [4.69, 9.17) is 0 Å². The third-order valence-corrected chi connectivity index (χ3v) is 2.33.